The molecule has 2 aromatic carbocycles. The van der Waals surface area contributed by atoms with E-state index in [1.165, 1.54) is 5.56 Å². The van der Waals surface area contributed by atoms with Gasteiger partial charge in [-0.1, -0.05) is 32.0 Å². The summed E-state index contributed by atoms with van der Waals surface area (Å²) < 4.78 is 5.84. The highest BCUT2D eigenvalue weighted by Gasteiger charge is 2.09. The van der Waals surface area contributed by atoms with E-state index in [1.54, 1.807) is 11.8 Å². The van der Waals surface area contributed by atoms with E-state index in [9.17, 15) is 5.26 Å². The van der Waals surface area contributed by atoms with Crippen molar-refractivity contribution in [2.45, 2.75) is 24.7 Å². The number of hydrogen-bond donors (Lipinski definition) is 0. The number of thioether (sulfide) groups is 1. The molecule has 0 aliphatic rings. The average molecular weight is 283 g/mol. The Kier molecular flexibility index (Phi) is 4.70. The molecule has 2 rings (SSSR count). The third kappa shape index (κ3) is 3.15. The van der Waals surface area contributed by atoms with Gasteiger partial charge in [-0.25, -0.2) is 0 Å². The van der Waals surface area contributed by atoms with Crippen molar-refractivity contribution in [1.82, 2.24) is 0 Å². The van der Waals surface area contributed by atoms with Crippen LogP contribution in [0.15, 0.2) is 47.4 Å². The first-order valence-corrected chi connectivity index (χ1v) is 7.73. The second-order valence-corrected chi connectivity index (χ2v) is 5.62. The van der Waals surface area contributed by atoms with E-state index in [1.807, 2.05) is 36.6 Å². The molecule has 0 unspecified atom stereocenters. The summed E-state index contributed by atoms with van der Waals surface area (Å²) in [5.41, 5.74) is 1.86. The summed E-state index contributed by atoms with van der Waals surface area (Å²) in [6.45, 7) is 4.32. The summed E-state index contributed by atoms with van der Waals surface area (Å²) in [7, 11) is 0. The molecular weight excluding hydrogens is 266 g/mol. The molecule has 0 N–H and O–H groups in total. The Morgan fingerprint density at radius 3 is 2.35 bits per heavy atom. The smallest absolute Gasteiger partial charge is 0.146 e. The average Bonchev–Trinajstić information content (AvgIpc) is 2.47. The first kappa shape index (κ1) is 14.5. The van der Waals surface area contributed by atoms with Crippen LogP contribution in [0.25, 0.3) is 0 Å². The van der Waals surface area contributed by atoms with Gasteiger partial charge < -0.3 is 4.74 Å². The lowest BCUT2D eigenvalue weighted by atomic mass is 10.0. The molecular formula is C17H17NOS. The lowest BCUT2D eigenvalue weighted by Crippen LogP contribution is -1.91. The fourth-order valence-electron chi connectivity index (χ4n) is 1.92. The van der Waals surface area contributed by atoms with Gasteiger partial charge in [-0.2, -0.15) is 5.26 Å². The minimum absolute atomic E-state index is 0.499. The maximum absolute atomic E-state index is 9.28. The molecule has 0 saturated heterocycles. The summed E-state index contributed by atoms with van der Waals surface area (Å²) in [5, 5.41) is 9.28. The zero-order valence-electron chi connectivity index (χ0n) is 11.9. The number of ether oxygens (including phenoxy) is 1. The van der Waals surface area contributed by atoms with Crippen LogP contribution in [-0.2, 0) is 0 Å². The molecule has 2 nitrogen and oxygen atoms in total. The van der Waals surface area contributed by atoms with Crippen molar-refractivity contribution in [2.75, 3.05) is 6.26 Å². The van der Waals surface area contributed by atoms with Gasteiger partial charge in [-0.05, 0) is 42.0 Å². The molecule has 0 amide bonds. The number of nitrogens with zero attached hydrogens (tertiary/aromatic N) is 1. The summed E-state index contributed by atoms with van der Waals surface area (Å²) in [4.78, 5) is 0.934. The molecule has 0 radical (unpaired) electrons. The van der Waals surface area contributed by atoms with Gasteiger partial charge in [0.15, 0.2) is 0 Å². The van der Waals surface area contributed by atoms with Gasteiger partial charge in [0, 0.05) is 4.90 Å². The summed E-state index contributed by atoms with van der Waals surface area (Å²) in [6, 6.07) is 15.9. The largest absolute Gasteiger partial charge is 0.456 e. The number of hydrogen-bond acceptors (Lipinski definition) is 3. The van der Waals surface area contributed by atoms with Crippen LogP contribution in [0.1, 0.15) is 30.9 Å². The number of nitriles is 1. The maximum atomic E-state index is 9.28. The summed E-state index contributed by atoms with van der Waals surface area (Å²) in [5.74, 6) is 1.86. The van der Waals surface area contributed by atoms with Crippen molar-refractivity contribution >= 4 is 11.8 Å². The van der Waals surface area contributed by atoms with Crippen molar-refractivity contribution in [3.8, 4) is 17.6 Å². The van der Waals surface area contributed by atoms with Gasteiger partial charge in [-0.3, -0.25) is 0 Å². The number of benzene rings is 2. The molecule has 0 aliphatic carbocycles. The van der Waals surface area contributed by atoms with Crippen molar-refractivity contribution in [3.63, 3.8) is 0 Å². The molecule has 0 atom stereocenters. The summed E-state index contributed by atoms with van der Waals surface area (Å²) in [6.07, 6.45) is 1.96. The van der Waals surface area contributed by atoms with Crippen LogP contribution in [0.2, 0.25) is 0 Å². The molecule has 2 aromatic rings. The van der Waals surface area contributed by atoms with Gasteiger partial charge in [0.25, 0.3) is 0 Å². The topological polar surface area (TPSA) is 33.0 Å². The van der Waals surface area contributed by atoms with E-state index in [4.69, 9.17) is 4.74 Å². The Bertz CT molecular complexity index is 626. The fraction of sp³-hybridized carbons (Fsp3) is 0.235. The van der Waals surface area contributed by atoms with Crippen molar-refractivity contribution in [1.29, 1.82) is 5.26 Å². The van der Waals surface area contributed by atoms with Gasteiger partial charge in [0.05, 0.1) is 0 Å². The Balaban J connectivity index is 2.28. The molecule has 0 heterocycles. The highest BCUT2D eigenvalue weighted by Crippen LogP contribution is 2.31. The first-order chi connectivity index (χ1) is 9.65. The van der Waals surface area contributed by atoms with Gasteiger partial charge in [0.1, 0.15) is 23.1 Å². The van der Waals surface area contributed by atoms with E-state index < -0.39 is 0 Å². The Labute approximate surface area is 124 Å². The zero-order chi connectivity index (χ0) is 14.5. The molecule has 20 heavy (non-hydrogen) atoms. The zero-order valence-corrected chi connectivity index (χ0v) is 12.7. The quantitative estimate of drug-likeness (QED) is 0.723. The van der Waals surface area contributed by atoms with E-state index >= 15 is 0 Å². The molecule has 0 aliphatic heterocycles. The monoisotopic (exact) mass is 283 g/mol. The maximum Gasteiger partial charge on any atom is 0.146 e. The second kappa shape index (κ2) is 6.49. The Hall–Kier alpha value is -1.92. The molecule has 102 valence electrons. The predicted octanol–water partition coefficient (Wildman–Crippen LogP) is 5.20. The van der Waals surface area contributed by atoms with Crippen LogP contribution in [-0.4, -0.2) is 6.26 Å². The van der Waals surface area contributed by atoms with E-state index in [0.717, 1.165) is 10.6 Å². The molecule has 0 aromatic heterocycles. The van der Waals surface area contributed by atoms with Crippen LogP contribution in [0.4, 0.5) is 0 Å². The van der Waals surface area contributed by atoms with Crippen molar-refractivity contribution < 1.29 is 4.74 Å². The van der Waals surface area contributed by atoms with Crippen molar-refractivity contribution in [2.24, 2.45) is 0 Å². The van der Waals surface area contributed by atoms with E-state index in [2.05, 4.69) is 32.0 Å². The lowest BCUT2D eigenvalue weighted by Gasteiger charge is -2.11. The van der Waals surface area contributed by atoms with Crippen LogP contribution in [0, 0.1) is 11.3 Å². The van der Waals surface area contributed by atoms with Crippen LogP contribution >= 0.6 is 11.8 Å². The summed E-state index contributed by atoms with van der Waals surface area (Å²) >= 11 is 1.55. The predicted molar refractivity (Wildman–Crippen MR) is 83.5 cm³/mol. The standard InChI is InChI=1S/C17H17NOS/c1-12(2)13-7-9-14(10-8-13)19-16-5-4-6-17(20-3)15(16)11-18/h4-10,12H,1-3H3. The third-order valence-electron chi connectivity index (χ3n) is 3.09. The first-order valence-electron chi connectivity index (χ1n) is 6.50. The van der Waals surface area contributed by atoms with Gasteiger partial charge >= 0.3 is 0 Å². The highest BCUT2D eigenvalue weighted by molar-refractivity contribution is 7.98. The highest BCUT2D eigenvalue weighted by atomic mass is 32.2. The Morgan fingerprint density at radius 1 is 1.10 bits per heavy atom. The molecule has 0 fully saturated rings. The second-order valence-electron chi connectivity index (χ2n) is 4.77. The van der Waals surface area contributed by atoms with E-state index in [0.29, 0.717) is 17.2 Å². The fourth-order valence-corrected chi connectivity index (χ4v) is 2.49. The molecule has 0 spiro atoms. The molecule has 3 heteroatoms. The van der Waals surface area contributed by atoms with Gasteiger partial charge in [0.2, 0.25) is 0 Å². The van der Waals surface area contributed by atoms with Crippen LogP contribution in [0.5, 0.6) is 11.5 Å². The van der Waals surface area contributed by atoms with Crippen LogP contribution in [0.3, 0.4) is 0 Å². The van der Waals surface area contributed by atoms with Gasteiger partial charge in [-0.15, -0.1) is 11.8 Å². The minimum atomic E-state index is 0.499. The minimum Gasteiger partial charge on any atom is -0.456 e. The normalized spacial score (nSPS) is 10.3. The van der Waals surface area contributed by atoms with E-state index in [-0.39, 0.29) is 0 Å². The Morgan fingerprint density at radius 2 is 1.80 bits per heavy atom. The van der Waals surface area contributed by atoms with Crippen LogP contribution < -0.4 is 4.74 Å². The SMILES string of the molecule is CSc1cccc(Oc2ccc(C(C)C)cc2)c1C#N. The number of rotatable bonds is 4. The van der Waals surface area contributed by atoms with Crippen molar-refractivity contribution in [3.05, 3.63) is 53.6 Å². The lowest BCUT2D eigenvalue weighted by molar-refractivity contribution is 0.479. The molecule has 0 saturated carbocycles. The third-order valence-corrected chi connectivity index (χ3v) is 3.87. The molecule has 0 bridgehead atoms.